The highest BCUT2D eigenvalue weighted by atomic mass is 16.4. The normalized spacial score (nSPS) is 20.6. The van der Waals surface area contributed by atoms with E-state index in [1.54, 1.807) is 12.1 Å². The number of hydrogen-bond acceptors (Lipinski definition) is 6. The molecule has 2 aromatic carbocycles. The van der Waals surface area contributed by atoms with Gasteiger partial charge in [0.1, 0.15) is 6.04 Å². The lowest BCUT2D eigenvalue weighted by atomic mass is 9.76. The highest BCUT2D eigenvalue weighted by molar-refractivity contribution is 6.08. The Kier molecular flexibility index (Phi) is 11.9. The second kappa shape index (κ2) is 15.8. The fraction of sp³-hybridized carbons (Fsp3) is 0.559. The molecular weight excluding hydrogens is 576 g/mol. The molecule has 11 heteroatoms. The number of carbonyl (C=O) groups is 5. The van der Waals surface area contributed by atoms with Crippen LogP contribution in [0.3, 0.4) is 0 Å². The first kappa shape index (κ1) is 33.9. The number of carboxylic acids is 2. The minimum atomic E-state index is -1.10. The maximum Gasteiger partial charge on any atom is 0.308 e. The van der Waals surface area contributed by atoms with E-state index in [1.165, 1.54) is 0 Å². The Morgan fingerprint density at radius 1 is 0.911 bits per heavy atom. The van der Waals surface area contributed by atoms with Crippen LogP contribution in [-0.2, 0) is 19.2 Å². The van der Waals surface area contributed by atoms with Crippen LogP contribution in [0.15, 0.2) is 42.5 Å². The molecule has 0 bridgehead atoms. The highest BCUT2D eigenvalue weighted by Crippen LogP contribution is 2.44. The van der Waals surface area contributed by atoms with Crippen LogP contribution in [0.4, 0.5) is 0 Å². The van der Waals surface area contributed by atoms with Crippen LogP contribution < -0.4 is 21.7 Å². The van der Waals surface area contributed by atoms with Crippen LogP contribution >= 0.6 is 0 Å². The van der Waals surface area contributed by atoms with Gasteiger partial charge in [-0.1, -0.05) is 49.2 Å². The standard InChI is InChI=1S/C34H46N4O7/c35-19-6-3-12-28(38-29(39)27-11-7-9-22-8-1-2-10-26(22)27)30(40)36-21-24(32(43)44)20-34(17-4-5-18-34)33(45)37-25-15-13-23(14-16-25)31(41)42/h1-2,7-11,23-25,28H,3-6,12-21,35H2,(H,36,40)(H,37,45)(H,38,39)(H,41,42)(H,43,44)/t23-,24?,25+,28-/m0/s1. The second-order valence-corrected chi connectivity index (χ2v) is 12.7. The summed E-state index contributed by atoms with van der Waals surface area (Å²) in [6, 6.07) is 11.9. The molecule has 2 aliphatic rings. The molecule has 11 nitrogen and oxygen atoms in total. The molecular formula is C34H46N4O7. The van der Waals surface area contributed by atoms with Gasteiger partial charge < -0.3 is 31.9 Å². The van der Waals surface area contributed by atoms with Crippen molar-refractivity contribution in [2.24, 2.45) is 23.0 Å². The van der Waals surface area contributed by atoms with Crippen molar-refractivity contribution in [2.45, 2.75) is 89.1 Å². The number of nitrogens with one attached hydrogen (secondary N) is 3. The zero-order valence-corrected chi connectivity index (χ0v) is 25.8. The van der Waals surface area contributed by atoms with Crippen molar-refractivity contribution in [3.05, 3.63) is 48.0 Å². The third-order valence-electron chi connectivity index (χ3n) is 9.57. The topological polar surface area (TPSA) is 188 Å². The molecule has 0 saturated heterocycles. The first-order valence-corrected chi connectivity index (χ1v) is 16.2. The summed E-state index contributed by atoms with van der Waals surface area (Å²) >= 11 is 0. The highest BCUT2D eigenvalue weighted by Gasteiger charge is 2.45. The number of hydrogen-bond donors (Lipinski definition) is 6. The van der Waals surface area contributed by atoms with E-state index in [9.17, 15) is 34.2 Å². The number of amides is 3. The summed E-state index contributed by atoms with van der Waals surface area (Å²) < 4.78 is 0. The van der Waals surface area contributed by atoms with Gasteiger partial charge in [0.05, 0.1) is 17.3 Å². The van der Waals surface area contributed by atoms with Gasteiger partial charge in [-0.15, -0.1) is 0 Å². The number of carboxylic acid groups (broad SMARTS) is 2. The van der Waals surface area contributed by atoms with Gasteiger partial charge in [0, 0.05) is 18.2 Å². The molecule has 0 spiro atoms. The maximum atomic E-state index is 13.6. The fourth-order valence-corrected chi connectivity index (χ4v) is 6.89. The Morgan fingerprint density at radius 2 is 1.60 bits per heavy atom. The average molecular weight is 623 g/mol. The molecule has 2 atom stereocenters. The van der Waals surface area contributed by atoms with Gasteiger partial charge in [0.15, 0.2) is 0 Å². The quantitative estimate of drug-likeness (QED) is 0.163. The minimum Gasteiger partial charge on any atom is -0.481 e. The summed E-state index contributed by atoms with van der Waals surface area (Å²) in [4.78, 5) is 64.0. The van der Waals surface area contributed by atoms with Crippen LogP contribution in [0.25, 0.3) is 10.8 Å². The number of fused-ring (bicyclic) bond motifs is 1. The molecule has 3 amide bonds. The fourth-order valence-electron chi connectivity index (χ4n) is 6.89. The molecule has 7 N–H and O–H groups in total. The lowest BCUT2D eigenvalue weighted by Crippen LogP contribution is -2.50. The largest absolute Gasteiger partial charge is 0.481 e. The van der Waals surface area contributed by atoms with Gasteiger partial charge in [-0.2, -0.15) is 0 Å². The van der Waals surface area contributed by atoms with Crippen molar-refractivity contribution >= 4 is 40.4 Å². The molecule has 1 unspecified atom stereocenters. The Balaban J connectivity index is 1.40. The Labute approximate surface area is 263 Å². The van der Waals surface area contributed by atoms with Gasteiger partial charge in [0.2, 0.25) is 11.8 Å². The summed E-state index contributed by atoms with van der Waals surface area (Å²) in [5.41, 5.74) is 5.24. The van der Waals surface area contributed by atoms with E-state index < -0.39 is 47.0 Å². The number of unbranched alkanes of at least 4 members (excludes halogenated alkanes) is 1. The number of aliphatic carboxylic acids is 2. The zero-order chi connectivity index (χ0) is 32.4. The van der Waals surface area contributed by atoms with Gasteiger partial charge in [0.25, 0.3) is 5.91 Å². The van der Waals surface area contributed by atoms with Crippen molar-refractivity contribution in [3.8, 4) is 0 Å². The van der Waals surface area contributed by atoms with Crippen molar-refractivity contribution in [2.75, 3.05) is 13.1 Å². The molecule has 0 aliphatic heterocycles. The lowest BCUT2D eigenvalue weighted by molar-refractivity contribution is -0.144. The Bertz CT molecular complexity index is 1360. The third-order valence-corrected chi connectivity index (χ3v) is 9.57. The van der Waals surface area contributed by atoms with E-state index >= 15 is 0 Å². The van der Waals surface area contributed by atoms with E-state index in [1.807, 2.05) is 30.3 Å². The molecule has 2 fully saturated rings. The van der Waals surface area contributed by atoms with Crippen molar-refractivity contribution in [1.82, 2.24) is 16.0 Å². The van der Waals surface area contributed by atoms with Gasteiger partial charge in [-0.25, -0.2) is 0 Å². The minimum absolute atomic E-state index is 0.0825. The maximum absolute atomic E-state index is 13.6. The monoisotopic (exact) mass is 622 g/mol. The second-order valence-electron chi connectivity index (χ2n) is 12.7. The first-order chi connectivity index (χ1) is 21.6. The van der Waals surface area contributed by atoms with Crippen LogP contribution in [0.2, 0.25) is 0 Å². The summed E-state index contributed by atoms with van der Waals surface area (Å²) in [5.74, 6) is -4.36. The molecule has 2 saturated carbocycles. The number of carbonyl (C=O) groups excluding carboxylic acids is 3. The molecule has 0 aromatic heterocycles. The van der Waals surface area contributed by atoms with Crippen molar-refractivity contribution in [1.29, 1.82) is 0 Å². The molecule has 4 rings (SSSR count). The van der Waals surface area contributed by atoms with Crippen LogP contribution in [0, 0.1) is 17.3 Å². The van der Waals surface area contributed by atoms with Crippen molar-refractivity contribution in [3.63, 3.8) is 0 Å². The van der Waals surface area contributed by atoms with E-state index in [2.05, 4.69) is 16.0 Å². The third kappa shape index (κ3) is 8.81. The number of nitrogens with two attached hydrogens (primary N) is 1. The summed E-state index contributed by atoms with van der Waals surface area (Å²) in [7, 11) is 0. The number of benzene rings is 2. The predicted molar refractivity (Wildman–Crippen MR) is 169 cm³/mol. The molecule has 2 aliphatic carbocycles. The van der Waals surface area contributed by atoms with Gasteiger partial charge >= 0.3 is 11.9 Å². The van der Waals surface area contributed by atoms with Crippen molar-refractivity contribution < 1.29 is 34.2 Å². The van der Waals surface area contributed by atoms with E-state index in [4.69, 9.17) is 5.73 Å². The van der Waals surface area contributed by atoms with E-state index in [0.29, 0.717) is 69.9 Å². The van der Waals surface area contributed by atoms with Crippen LogP contribution in [0.1, 0.15) is 87.4 Å². The SMILES string of the molecule is NCCCC[C@H](NC(=O)c1cccc2ccccc12)C(=O)NCC(CC1(C(=O)N[C@H]2CC[C@@H](C(=O)O)CC2)CCCC1)C(=O)O. The molecule has 244 valence electrons. The van der Waals surface area contributed by atoms with Gasteiger partial charge in [-0.3, -0.25) is 24.0 Å². The summed E-state index contributed by atoms with van der Waals surface area (Å²) in [6.07, 6.45) is 6.58. The summed E-state index contributed by atoms with van der Waals surface area (Å²) in [6.45, 7) is 0.266. The molecule has 45 heavy (non-hydrogen) atoms. The van der Waals surface area contributed by atoms with E-state index in [0.717, 1.165) is 23.6 Å². The van der Waals surface area contributed by atoms with Crippen LogP contribution in [0.5, 0.6) is 0 Å². The Hall–Kier alpha value is -3.99. The predicted octanol–water partition coefficient (Wildman–Crippen LogP) is 3.59. The average Bonchev–Trinajstić information content (AvgIpc) is 3.52. The summed E-state index contributed by atoms with van der Waals surface area (Å²) in [5, 5.41) is 29.8. The lowest BCUT2D eigenvalue weighted by Gasteiger charge is -2.34. The smallest absolute Gasteiger partial charge is 0.308 e. The molecule has 0 radical (unpaired) electrons. The zero-order valence-electron chi connectivity index (χ0n) is 25.8. The molecule has 2 aromatic rings. The van der Waals surface area contributed by atoms with E-state index in [-0.39, 0.29) is 24.9 Å². The molecule has 0 heterocycles. The van der Waals surface area contributed by atoms with Crippen LogP contribution in [-0.4, -0.2) is 65.0 Å². The Morgan fingerprint density at radius 3 is 2.27 bits per heavy atom. The first-order valence-electron chi connectivity index (χ1n) is 16.2. The van der Waals surface area contributed by atoms with Gasteiger partial charge in [-0.05, 0) is 87.6 Å². The number of rotatable bonds is 15.